The van der Waals surface area contributed by atoms with Crippen LogP contribution in [-0.4, -0.2) is 34.4 Å². The van der Waals surface area contributed by atoms with Crippen LogP contribution in [0.2, 0.25) is 0 Å². The quantitative estimate of drug-likeness (QED) is 0.422. The minimum atomic E-state index is -0.951. The molecule has 0 heterocycles. The Kier molecular flexibility index (Phi) is 7.16. The Morgan fingerprint density at radius 3 is 2.28 bits per heavy atom. The van der Waals surface area contributed by atoms with Gasteiger partial charge in [-0.25, -0.2) is 9.59 Å². The van der Waals surface area contributed by atoms with Crippen LogP contribution >= 0.6 is 0 Å². The van der Waals surface area contributed by atoms with Gasteiger partial charge in [-0.15, -0.1) is 0 Å². The van der Waals surface area contributed by atoms with Gasteiger partial charge in [-0.05, 0) is 26.3 Å². The van der Waals surface area contributed by atoms with E-state index in [4.69, 9.17) is 0 Å². The normalized spacial score (nSPS) is 14.8. The SMILES string of the molecule is C=C(C)C(=O)OC(=O)C(C)=CC(O)CC(O)CC. The number of ether oxygens (including phenoxy) is 1. The summed E-state index contributed by atoms with van der Waals surface area (Å²) in [4.78, 5) is 22.5. The van der Waals surface area contributed by atoms with Gasteiger partial charge in [0.15, 0.2) is 0 Å². The highest BCUT2D eigenvalue weighted by atomic mass is 16.6. The summed E-state index contributed by atoms with van der Waals surface area (Å²) in [5.74, 6) is -1.62. The van der Waals surface area contributed by atoms with Crippen molar-refractivity contribution >= 4 is 11.9 Å². The van der Waals surface area contributed by atoms with E-state index in [2.05, 4.69) is 11.3 Å². The molecule has 0 radical (unpaired) electrons. The van der Waals surface area contributed by atoms with Gasteiger partial charge in [0.2, 0.25) is 0 Å². The third-order valence-electron chi connectivity index (χ3n) is 2.28. The monoisotopic (exact) mass is 256 g/mol. The first-order chi connectivity index (χ1) is 8.27. The second kappa shape index (κ2) is 7.79. The van der Waals surface area contributed by atoms with Crippen molar-refractivity contribution in [3.63, 3.8) is 0 Å². The molecule has 0 aromatic heterocycles. The molecule has 5 heteroatoms. The lowest BCUT2D eigenvalue weighted by molar-refractivity contribution is -0.154. The van der Waals surface area contributed by atoms with Crippen LogP contribution in [0.15, 0.2) is 23.8 Å². The number of aliphatic hydroxyl groups excluding tert-OH is 2. The molecule has 0 aliphatic carbocycles. The summed E-state index contributed by atoms with van der Waals surface area (Å²) in [7, 11) is 0. The zero-order valence-electron chi connectivity index (χ0n) is 11.0. The lowest BCUT2D eigenvalue weighted by atomic mass is 10.1. The molecule has 0 rings (SSSR count). The molecule has 0 amide bonds. The van der Waals surface area contributed by atoms with Gasteiger partial charge >= 0.3 is 11.9 Å². The molecule has 18 heavy (non-hydrogen) atoms. The maximum atomic E-state index is 11.4. The standard InChI is InChI=1S/C13H20O5/c1-5-10(14)7-11(15)6-9(4)13(17)18-12(16)8(2)3/h6,10-11,14-15H,2,5,7H2,1,3-4H3. The van der Waals surface area contributed by atoms with Crippen LogP contribution in [0.1, 0.15) is 33.6 Å². The van der Waals surface area contributed by atoms with Crippen LogP contribution in [0, 0.1) is 0 Å². The van der Waals surface area contributed by atoms with Gasteiger partial charge in [0, 0.05) is 17.6 Å². The minimum absolute atomic E-state index is 0.111. The van der Waals surface area contributed by atoms with Crippen LogP contribution in [0.3, 0.4) is 0 Å². The van der Waals surface area contributed by atoms with E-state index in [9.17, 15) is 19.8 Å². The lowest BCUT2D eigenvalue weighted by Gasteiger charge is -2.11. The van der Waals surface area contributed by atoms with Crippen molar-refractivity contribution in [3.05, 3.63) is 23.8 Å². The molecule has 0 aliphatic rings. The summed E-state index contributed by atoms with van der Waals surface area (Å²) in [6.07, 6.45) is 0.329. The van der Waals surface area contributed by atoms with Gasteiger partial charge < -0.3 is 14.9 Å². The third-order valence-corrected chi connectivity index (χ3v) is 2.28. The maximum Gasteiger partial charge on any atom is 0.341 e. The first-order valence-corrected chi connectivity index (χ1v) is 5.74. The molecular weight excluding hydrogens is 236 g/mol. The molecule has 2 N–H and O–H groups in total. The molecule has 2 unspecified atom stereocenters. The fourth-order valence-electron chi connectivity index (χ4n) is 1.12. The van der Waals surface area contributed by atoms with Crippen molar-refractivity contribution in [2.24, 2.45) is 0 Å². The van der Waals surface area contributed by atoms with Crippen molar-refractivity contribution in [3.8, 4) is 0 Å². The van der Waals surface area contributed by atoms with Gasteiger partial charge in [-0.1, -0.05) is 13.5 Å². The highest BCUT2D eigenvalue weighted by Gasteiger charge is 2.15. The summed E-state index contributed by atoms with van der Waals surface area (Å²) in [6.45, 7) is 7.99. The molecule has 0 spiro atoms. The zero-order chi connectivity index (χ0) is 14.3. The van der Waals surface area contributed by atoms with E-state index in [1.807, 2.05) is 0 Å². The van der Waals surface area contributed by atoms with Gasteiger partial charge in [0.25, 0.3) is 0 Å². The highest BCUT2D eigenvalue weighted by molar-refractivity contribution is 6.01. The summed E-state index contributed by atoms with van der Waals surface area (Å²) in [5, 5.41) is 18.9. The third kappa shape index (κ3) is 6.32. The topological polar surface area (TPSA) is 83.8 Å². The van der Waals surface area contributed by atoms with Crippen LogP contribution in [0.5, 0.6) is 0 Å². The molecule has 5 nitrogen and oxygen atoms in total. The van der Waals surface area contributed by atoms with E-state index >= 15 is 0 Å². The predicted molar refractivity (Wildman–Crippen MR) is 66.6 cm³/mol. The van der Waals surface area contributed by atoms with Crippen molar-refractivity contribution in [1.82, 2.24) is 0 Å². The minimum Gasteiger partial charge on any atom is -0.393 e. The summed E-state index contributed by atoms with van der Waals surface area (Å²) in [5.41, 5.74) is 0.235. The van der Waals surface area contributed by atoms with Gasteiger partial charge in [-0.3, -0.25) is 0 Å². The van der Waals surface area contributed by atoms with E-state index in [1.54, 1.807) is 6.92 Å². The second-order valence-electron chi connectivity index (χ2n) is 4.17. The van der Waals surface area contributed by atoms with Crippen molar-refractivity contribution in [2.75, 3.05) is 0 Å². The number of hydrogen-bond acceptors (Lipinski definition) is 5. The summed E-state index contributed by atoms with van der Waals surface area (Å²) < 4.78 is 4.49. The van der Waals surface area contributed by atoms with Gasteiger partial charge in [0.1, 0.15) is 0 Å². The first kappa shape index (κ1) is 16.5. The Morgan fingerprint density at radius 1 is 1.28 bits per heavy atom. The highest BCUT2D eigenvalue weighted by Crippen LogP contribution is 2.07. The predicted octanol–water partition coefficient (Wildman–Crippen LogP) is 1.10. The van der Waals surface area contributed by atoms with E-state index in [0.29, 0.717) is 6.42 Å². The van der Waals surface area contributed by atoms with Crippen LogP contribution in [-0.2, 0) is 14.3 Å². The second-order valence-corrected chi connectivity index (χ2v) is 4.17. The van der Waals surface area contributed by atoms with Crippen LogP contribution < -0.4 is 0 Å². The first-order valence-electron chi connectivity index (χ1n) is 5.74. The average Bonchev–Trinajstić information content (AvgIpc) is 2.27. The van der Waals surface area contributed by atoms with Crippen LogP contribution in [0.4, 0.5) is 0 Å². The zero-order valence-corrected chi connectivity index (χ0v) is 11.0. The van der Waals surface area contributed by atoms with E-state index in [-0.39, 0.29) is 17.6 Å². The van der Waals surface area contributed by atoms with E-state index in [0.717, 1.165) is 0 Å². The molecule has 102 valence electrons. The fourth-order valence-corrected chi connectivity index (χ4v) is 1.12. The molecule has 2 atom stereocenters. The Labute approximate surface area is 107 Å². The maximum absolute atomic E-state index is 11.4. The Balaban J connectivity index is 4.44. The van der Waals surface area contributed by atoms with E-state index in [1.165, 1.54) is 19.9 Å². The molecule has 0 saturated carbocycles. The summed E-state index contributed by atoms with van der Waals surface area (Å²) in [6, 6.07) is 0. The number of hydrogen-bond donors (Lipinski definition) is 2. The van der Waals surface area contributed by atoms with Gasteiger partial charge in [-0.2, -0.15) is 0 Å². The van der Waals surface area contributed by atoms with Crippen molar-refractivity contribution in [1.29, 1.82) is 0 Å². The number of rotatable bonds is 6. The van der Waals surface area contributed by atoms with Gasteiger partial charge in [0.05, 0.1) is 12.2 Å². The molecule has 0 aromatic carbocycles. The largest absolute Gasteiger partial charge is 0.393 e. The fraction of sp³-hybridized carbons (Fsp3) is 0.538. The summed E-state index contributed by atoms with van der Waals surface area (Å²) >= 11 is 0. The van der Waals surface area contributed by atoms with Crippen molar-refractivity contribution in [2.45, 2.75) is 45.8 Å². The molecule has 0 fully saturated rings. The molecule has 0 aromatic rings. The molecule has 0 saturated heterocycles. The Hall–Kier alpha value is -1.46. The lowest BCUT2D eigenvalue weighted by Crippen LogP contribution is -2.18. The van der Waals surface area contributed by atoms with E-state index < -0.39 is 24.1 Å². The number of carbonyl (C=O) groups excluding carboxylic acids is 2. The van der Waals surface area contributed by atoms with Crippen molar-refractivity contribution < 1.29 is 24.5 Å². The Morgan fingerprint density at radius 2 is 1.83 bits per heavy atom. The smallest absolute Gasteiger partial charge is 0.341 e. The molecule has 0 aliphatic heterocycles. The average molecular weight is 256 g/mol. The van der Waals surface area contributed by atoms with Crippen LogP contribution in [0.25, 0.3) is 0 Å². The molecule has 0 bridgehead atoms. The Bertz CT molecular complexity index is 356. The number of esters is 2. The molecular formula is C13H20O5. The number of carbonyl (C=O) groups is 2. The number of aliphatic hydroxyl groups is 2.